The Hall–Kier alpha value is -3.54. The SMILES string of the molecule is Cc1cccc(NC(=O)c2cncc(C(=O)NCCc3ccc(F)cc3)c2)c1. The first-order chi connectivity index (χ1) is 13.5. The molecule has 0 unspecified atom stereocenters. The molecule has 0 aliphatic carbocycles. The predicted molar refractivity (Wildman–Crippen MR) is 106 cm³/mol. The van der Waals surface area contributed by atoms with E-state index in [-0.39, 0.29) is 17.6 Å². The Morgan fingerprint density at radius 2 is 1.68 bits per heavy atom. The lowest BCUT2D eigenvalue weighted by Gasteiger charge is -2.08. The number of carbonyl (C=O) groups is 2. The van der Waals surface area contributed by atoms with Crippen molar-refractivity contribution < 1.29 is 14.0 Å². The van der Waals surface area contributed by atoms with Gasteiger partial charge in [-0.1, -0.05) is 24.3 Å². The minimum absolute atomic E-state index is 0.292. The quantitative estimate of drug-likeness (QED) is 0.687. The van der Waals surface area contributed by atoms with Crippen LogP contribution in [-0.4, -0.2) is 23.3 Å². The summed E-state index contributed by atoms with van der Waals surface area (Å²) in [6, 6.07) is 15.1. The zero-order valence-electron chi connectivity index (χ0n) is 15.4. The Balaban J connectivity index is 1.59. The molecule has 3 rings (SSSR count). The molecule has 2 amide bonds. The lowest BCUT2D eigenvalue weighted by molar-refractivity contribution is 0.0953. The largest absolute Gasteiger partial charge is 0.352 e. The molecule has 0 aliphatic rings. The van der Waals surface area contributed by atoms with Crippen LogP contribution in [0.2, 0.25) is 0 Å². The van der Waals surface area contributed by atoms with E-state index >= 15 is 0 Å². The number of rotatable bonds is 6. The minimum Gasteiger partial charge on any atom is -0.352 e. The number of carbonyl (C=O) groups excluding carboxylic acids is 2. The second-order valence-corrected chi connectivity index (χ2v) is 6.42. The fourth-order valence-electron chi connectivity index (χ4n) is 2.69. The molecule has 5 nitrogen and oxygen atoms in total. The van der Waals surface area contributed by atoms with Gasteiger partial charge in [0.1, 0.15) is 5.82 Å². The Kier molecular flexibility index (Phi) is 6.11. The highest BCUT2D eigenvalue weighted by molar-refractivity contribution is 6.05. The number of aryl methyl sites for hydroxylation is 1. The van der Waals surface area contributed by atoms with Crippen LogP contribution in [0, 0.1) is 12.7 Å². The number of aromatic nitrogens is 1. The van der Waals surface area contributed by atoms with Crippen molar-refractivity contribution in [3.05, 3.63) is 95.1 Å². The highest BCUT2D eigenvalue weighted by atomic mass is 19.1. The zero-order valence-corrected chi connectivity index (χ0v) is 15.4. The monoisotopic (exact) mass is 377 g/mol. The van der Waals surface area contributed by atoms with Gasteiger partial charge in [-0.25, -0.2) is 4.39 Å². The average Bonchev–Trinajstić information content (AvgIpc) is 2.69. The highest BCUT2D eigenvalue weighted by Crippen LogP contribution is 2.12. The maximum Gasteiger partial charge on any atom is 0.257 e. The molecule has 0 saturated carbocycles. The van der Waals surface area contributed by atoms with Gasteiger partial charge in [0.05, 0.1) is 11.1 Å². The molecule has 2 N–H and O–H groups in total. The van der Waals surface area contributed by atoms with Crippen LogP contribution < -0.4 is 10.6 Å². The number of benzene rings is 2. The van der Waals surface area contributed by atoms with E-state index in [1.807, 2.05) is 25.1 Å². The third kappa shape index (κ3) is 5.23. The second kappa shape index (κ2) is 8.90. The number of nitrogens with one attached hydrogen (secondary N) is 2. The van der Waals surface area contributed by atoms with Gasteiger partial charge in [-0.3, -0.25) is 14.6 Å². The fourth-order valence-corrected chi connectivity index (χ4v) is 2.69. The lowest BCUT2D eigenvalue weighted by Crippen LogP contribution is -2.26. The molecule has 28 heavy (non-hydrogen) atoms. The minimum atomic E-state index is -0.334. The summed E-state index contributed by atoms with van der Waals surface area (Å²) in [7, 11) is 0. The van der Waals surface area contributed by atoms with Crippen LogP contribution in [-0.2, 0) is 6.42 Å². The average molecular weight is 377 g/mol. The smallest absolute Gasteiger partial charge is 0.257 e. The van der Waals surface area contributed by atoms with E-state index in [1.54, 1.807) is 18.2 Å². The molecule has 2 aromatic carbocycles. The Bertz CT molecular complexity index is 987. The van der Waals surface area contributed by atoms with E-state index in [0.717, 1.165) is 11.1 Å². The van der Waals surface area contributed by atoms with Crippen LogP contribution in [0.4, 0.5) is 10.1 Å². The van der Waals surface area contributed by atoms with Crippen LogP contribution >= 0.6 is 0 Å². The van der Waals surface area contributed by atoms with Crippen LogP contribution in [0.15, 0.2) is 67.0 Å². The van der Waals surface area contributed by atoms with Gasteiger partial charge < -0.3 is 10.6 Å². The van der Waals surface area contributed by atoms with Gasteiger partial charge in [-0.05, 0) is 54.8 Å². The Morgan fingerprint density at radius 3 is 2.39 bits per heavy atom. The number of nitrogens with zero attached hydrogens (tertiary/aromatic N) is 1. The number of hydrogen-bond donors (Lipinski definition) is 2. The standard InChI is InChI=1S/C22H20FN3O2/c1-15-3-2-4-20(11-15)26-22(28)18-12-17(13-24-14-18)21(27)25-10-9-16-5-7-19(23)8-6-16/h2-8,11-14H,9-10H2,1H3,(H,25,27)(H,26,28). The topological polar surface area (TPSA) is 71.1 Å². The molecule has 0 fully saturated rings. The molecule has 142 valence electrons. The van der Waals surface area contributed by atoms with Gasteiger partial charge in [0.2, 0.25) is 0 Å². The second-order valence-electron chi connectivity index (χ2n) is 6.42. The Morgan fingerprint density at radius 1 is 0.964 bits per heavy atom. The molecule has 0 atom stereocenters. The van der Waals surface area contributed by atoms with Gasteiger partial charge in [0.25, 0.3) is 11.8 Å². The van der Waals surface area contributed by atoms with E-state index in [4.69, 9.17) is 0 Å². The number of amides is 2. The van der Waals surface area contributed by atoms with Crippen molar-refractivity contribution in [3.63, 3.8) is 0 Å². The predicted octanol–water partition coefficient (Wildman–Crippen LogP) is 3.75. The summed E-state index contributed by atoms with van der Waals surface area (Å²) in [5, 5.41) is 5.57. The summed E-state index contributed by atoms with van der Waals surface area (Å²) in [5.74, 6) is -0.946. The number of anilines is 1. The summed E-state index contributed by atoms with van der Waals surface area (Å²) in [6.45, 7) is 2.33. The van der Waals surface area contributed by atoms with Crippen LogP contribution in [0.25, 0.3) is 0 Å². The summed E-state index contributed by atoms with van der Waals surface area (Å²) in [6.07, 6.45) is 3.41. The summed E-state index contributed by atoms with van der Waals surface area (Å²) in [4.78, 5) is 28.7. The molecular weight excluding hydrogens is 357 g/mol. The van der Waals surface area contributed by atoms with E-state index in [0.29, 0.717) is 29.8 Å². The summed E-state index contributed by atoms with van der Waals surface area (Å²) < 4.78 is 12.9. The molecule has 0 bridgehead atoms. The maximum atomic E-state index is 12.9. The lowest BCUT2D eigenvalue weighted by atomic mass is 10.1. The molecule has 0 spiro atoms. The van der Waals surface area contributed by atoms with Crippen LogP contribution in [0.1, 0.15) is 31.8 Å². The van der Waals surface area contributed by atoms with Gasteiger partial charge in [0, 0.05) is 24.6 Å². The van der Waals surface area contributed by atoms with Crippen LogP contribution in [0.5, 0.6) is 0 Å². The first-order valence-electron chi connectivity index (χ1n) is 8.87. The molecule has 1 aromatic heterocycles. The summed E-state index contributed by atoms with van der Waals surface area (Å²) in [5.41, 5.74) is 3.24. The van der Waals surface area contributed by atoms with Crippen molar-refractivity contribution in [2.24, 2.45) is 0 Å². The van der Waals surface area contributed by atoms with Gasteiger partial charge in [-0.15, -0.1) is 0 Å². The number of pyridine rings is 1. The van der Waals surface area contributed by atoms with Gasteiger partial charge in [0.15, 0.2) is 0 Å². The van der Waals surface area contributed by atoms with Crippen LogP contribution in [0.3, 0.4) is 0 Å². The third-order valence-electron chi connectivity index (χ3n) is 4.15. The fraction of sp³-hybridized carbons (Fsp3) is 0.136. The summed E-state index contributed by atoms with van der Waals surface area (Å²) >= 11 is 0. The van der Waals surface area contributed by atoms with Gasteiger partial charge in [-0.2, -0.15) is 0 Å². The van der Waals surface area contributed by atoms with Crippen molar-refractivity contribution in [3.8, 4) is 0 Å². The molecule has 6 heteroatoms. The van der Waals surface area contributed by atoms with Crippen molar-refractivity contribution in [2.75, 3.05) is 11.9 Å². The van der Waals surface area contributed by atoms with E-state index in [2.05, 4.69) is 15.6 Å². The van der Waals surface area contributed by atoms with Crippen molar-refractivity contribution in [1.29, 1.82) is 0 Å². The Labute approximate surface area is 162 Å². The molecule has 1 heterocycles. The maximum absolute atomic E-state index is 12.9. The molecule has 3 aromatic rings. The number of hydrogen-bond acceptors (Lipinski definition) is 3. The number of halogens is 1. The zero-order chi connectivity index (χ0) is 19.9. The first kappa shape index (κ1) is 19.2. The third-order valence-corrected chi connectivity index (χ3v) is 4.15. The molecular formula is C22H20FN3O2. The van der Waals surface area contributed by atoms with Crippen molar-refractivity contribution in [1.82, 2.24) is 10.3 Å². The highest BCUT2D eigenvalue weighted by Gasteiger charge is 2.11. The van der Waals surface area contributed by atoms with Crippen molar-refractivity contribution in [2.45, 2.75) is 13.3 Å². The van der Waals surface area contributed by atoms with E-state index in [1.165, 1.54) is 30.6 Å². The normalized spacial score (nSPS) is 10.4. The van der Waals surface area contributed by atoms with E-state index in [9.17, 15) is 14.0 Å². The molecule has 0 saturated heterocycles. The first-order valence-corrected chi connectivity index (χ1v) is 8.87. The molecule has 0 aliphatic heterocycles. The van der Waals surface area contributed by atoms with E-state index < -0.39 is 0 Å². The van der Waals surface area contributed by atoms with Gasteiger partial charge >= 0.3 is 0 Å². The van der Waals surface area contributed by atoms with Crippen molar-refractivity contribution >= 4 is 17.5 Å². The molecule has 0 radical (unpaired) electrons.